The molecule has 6 nitrogen and oxygen atoms in total. The highest BCUT2D eigenvalue weighted by Gasteiger charge is 2.17. The van der Waals surface area contributed by atoms with E-state index in [9.17, 15) is 0 Å². The van der Waals surface area contributed by atoms with Crippen molar-refractivity contribution in [3.63, 3.8) is 0 Å². The molecule has 1 aromatic heterocycles. The summed E-state index contributed by atoms with van der Waals surface area (Å²) in [6.45, 7) is 0.364. The molecule has 0 saturated carbocycles. The summed E-state index contributed by atoms with van der Waals surface area (Å²) in [7, 11) is 4.67. The van der Waals surface area contributed by atoms with Crippen LogP contribution in [0.15, 0.2) is 18.5 Å². The van der Waals surface area contributed by atoms with Gasteiger partial charge in [-0.1, -0.05) is 5.92 Å². The monoisotopic (exact) mass is 287 g/mol. The third-order valence-electron chi connectivity index (χ3n) is 3.08. The number of anilines is 1. The van der Waals surface area contributed by atoms with Crippen LogP contribution in [-0.4, -0.2) is 30.9 Å². The molecule has 0 aliphatic carbocycles. The van der Waals surface area contributed by atoms with Crippen molar-refractivity contribution < 1.29 is 14.2 Å². The summed E-state index contributed by atoms with van der Waals surface area (Å²) in [5.74, 6) is 4.61. The minimum atomic E-state index is 0.364. The zero-order chi connectivity index (χ0) is 15.4. The Morgan fingerprint density at radius 2 is 1.81 bits per heavy atom. The predicted molar refractivity (Wildman–Crippen MR) is 80.6 cm³/mol. The van der Waals surface area contributed by atoms with E-state index in [4.69, 9.17) is 26.4 Å². The van der Waals surface area contributed by atoms with Gasteiger partial charge in [0.05, 0.1) is 34.2 Å². The summed E-state index contributed by atoms with van der Waals surface area (Å²) < 4.78 is 17.6. The Morgan fingerprint density at radius 3 is 2.29 bits per heavy atom. The average Bonchev–Trinajstić information content (AvgIpc) is 2.87. The number of nitrogens with two attached hydrogens (primary N) is 1. The fraction of sp³-hybridized carbons (Fsp3) is 0.267. The van der Waals surface area contributed by atoms with E-state index in [0.717, 1.165) is 5.56 Å². The van der Waals surface area contributed by atoms with Crippen molar-refractivity contribution in [2.45, 2.75) is 6.54 Å². The molecule has 1 aromatic carbocycles. The van der Waals surface area contributed by atoms with Crippen LogP contribution in [-0.2, 0) is 6.54 Å². The van der Waals surface area contributed by atoms with Crippen molar-refractivity contribution in [3.8, 4) is 40.8 Å². The van der Waals surface area contributed by atoms with Crippen LogP contribution >= 0.6 is 0 Å². The Hall–Kier alpha value is -2.81. The highest BCUT2D eigenvalue weighted by atomic mass is 16.5. The molecule has 110 valence electrons. The summed E-state index contributed by atoms with van der Waals surface area (Å²) in [6, 6.07) is 3.58. The molecule has 6 heteroatoms. The quantitative estimate of drug-likeness (QED) is 0.849. The normalized spacial score (nSPS) is 10.0. The third kappa shape index (κ3) is 2.58. The first-order valence-electron chi connectivity index (χ1n) is 6.20. The molecule has 0 amide bonds. The number of hydrogen-bond donors (Lipinski definition) is 1. The number of terminal acetylenes is 1. The Kier molecular flexibility index (Phi) is 4.24. The molecule has 2 rings (SSSR count). The van der Waals surface area contributed by atoms with E-state index in [-0.39, 0.29) is 0 Å². The van der Waals surface area contributed by atoms with Gasteiger partial charge in [0.25, 0.3) is 0 Å². The second-order valence-corrected chi connectivity index (χ2v) is 4.22. The van der Waals surface area contributed by atoms with Gasteiger partial charge >= 0.3 is 0 Å². The van der Waals surface area contributed by atoms with Gasteiger partial charge in [0.2, 0.25) is 5.75 Å². The van der Waals surface area contributed by atoms with Crippen molar-refractivity contribution in [2.75, 3.05) is 27.1 Å². The predicted octanol–water partition coefficient (Wildman–Crippen LogP) is 1.79. The number of nitrogen functional groups attached to an aromatic ring is 1. The lowest BCUT2D eigenvalue weighted by atomic mass is 10.1. The maximum Gasteiger partial charge on any atom is 0.203 e. The minimum absolute atomic E-state index is 0.364. The molecule has 2 aromatic rings. The van der Waals surface area contributed by atoms with Gasteiger partial charge in [-0.25, -0.2) is 4.98 Å². The summed E-state index contributed by atoms with van der Waals surface area (Å²) >= 11 is 0. The van der Waals surface area contributed by atoms with Crippen molar-refractivity contribution in [1.82, 2.24) is 9.55 Å². The maximum atomic E-state index is 6.07. The van der Waals surface area contributed by atoms with Gasteiger partial charge in [-0.2, -0.15) is 0 Å². The van der Waals surface area contributed by atoms with Gasteiger partial charge in [0.1, 0.15) is 11.5 Å². The second kappa shape index (κ2) is 6.09. The number of hydrogen-bond acceptors (Lipinski definition) is 5. The Morgan fingerprint density at radius 1 is 1.19 bits per heavy atom. The highest BCUT2D eigenvalue weighted by molar-refractivity contribution is 5.75. The van der Waals surface area contributed by atoms with Gasteiger partial charge in [-0.3, -0.25) is 0 Å². The topological polar surface area (TPSA) is 71.5 Å². The van der Waals surface area contributed by atoms with E-state index in [1.165, 1.54) is 0 Å². The smallest absolute Gasteiger partial charge is 0.203 e. The maximum absolute atomic E-state index is 6.07. The highest BCUT2D eigenvalue weighted by Crippen LogP contribution is 2.41. The Labute approximate surface area is 123 Å². The largest absolute Gasteiger partial charge is 0.493 e. The van der Waals surface area contributed by atoms with Crippen molar-refractivity contribution in [3.05, 3.63) is 18.5 Å². The van der Waals surface area contributed by atoms with Gasteiger partial charge in [0, 0.05) is 5.56 Å². The first-order chi connectivity index (χ1) is 10.2. The minimum Gasteiger partial charge on any atom is -0.493 e. The summed E-state index contributed by atoms with van der Waals surface area (Å²) in [6.07, 6.45) is 6.90. The standard InChI is InChI=1S/C15H17N3O3/c1-5-6-18-9-17-13(15(18)16)10-7-11(19-2)14(21-4)12(8-10)20-3/h1,7-9H,6,16H2,2-4H3. The SMILES string of the molecule is C#CCn1cnc(-c2cc(OC)c(OC)c(OC)c2)c1N. The number of rotatable bonds is 5. The van der Waals surface area contributed by atoms with Crippen LogP contribution in [0.5, 0.6) is 17.2 Å². The molecular weight excluding hydrogens is 270 g/mol. The van der Waals surface area contributed by atoms with E-state index in [0.29, 0.717) is 35.3 Å². The molecule has 0 saturated heterocycles. The molecule has 0 radical (unpaired) electrons. The van der Waals surface area contributed by atoms with E-state index in [1.807, 2.05) is 0 Å². The van der Waals surface area contributed by atoms with Crippen LogP contribution in [0.3, 0.4) is 0 Å². The lowest BCUT2D eigenvalue weighted by molar-refractivity contribution is 0.324. The van der Waals surface area contributed by atoms with E-state index < -0.39 is 0 Å². The van der Waals surface area contributed by atoms with E-state index >= 15 is 0 Å². The molecule has 0 aliphatic heterocycles. The zero-order valence-corrected chi connectivity index (χ0v) is 12.2. The molecule has 0 spiro atoms. The third-order valence-corrected chi connectivity index (χ3v) is 3.08. The molecule has 0 bridgehead atoms. The molecular formula is C15H17N3O3. The lowest BCUT2D eigenvalue weighted by Crippen LogP contribution is -2.01. The molecule has 1 heterocycles. The first kappa shape index (κ1) is 14.6. The Balaban J connectivity index is 2.57. The molecule has 0 fully saturated rings. The Bertz CT molecular complexity index is 661. The van der Waals surface area contributed by atoms with Crippen LogP contribution in [0.2, 0.25) is 0 Å². The molecule has 0 atom stereocenters. The van der Waals surface area contributed by atoms with Gasteiger partial charge < -0.3 is 24.5 Å². The summed E-state index contributed by atoms with van der Waals surface area (Å²) in [5.41, 5.74) is 7.44. The molecule has 2 N–H and O–H groups in total. The van der Waals surface area contributed by atoms with E-state index in [1.54, 1.807) is 44.4 Å². The molecule has 0 aliphatic rings. The lowest BCUT2D eigenvalue weighted by Gasteiger charge is -2.13. The molecule has 21 heavy (non-hydrogen) atoms. The van der Waals surface area contributed by atoms with Crippen molar-refractivity contribution in [2.24, 2.45) is 0 Å². The molecule has 0 unspecified atom stereocenters. The zero-order valence-electron chi connectivity index (χ0n) is 12.2. The second-order valence-electron chi connectivity index (χ2n) is 4.22. The van der Waals surface area contributed by atoms with Crippen LogP contribution in [0.1, 0.15) is 0 Å². The van der Waals surface area contributed by atoms with Crippen LogP contribution in [0, 0.1) is 12.3 Å². The van der Waals surface area contributed by atoms with Gasteiger partial charge in [-0.15, -0.1) is 6.42 Å². The summed E-state index contributed by atoms with van der Waals surface area (Å²) in [5, 5.41) is 0. The van der Waals surface area contributed by atoms with E-state index in [2.05, 4.69) is 10.9 Å². The van der Waals surface area contributed by atoms with Gasteiger partial charge in [-0.05, 0) is 12.1 Å². The van der Waals surface area contributed by atoms with Crippen LogP contribution in [0.4, 0.5) is 5.82 Å². The van der Waals surface area contributed by atoms with Crippen LogP contribution in [0.25, 0.3) is 11.3 Å². The number of aromatic nitrogens is 2. The summed E-state index contributed by atoms with van der Waals surface area (Å²) in [4.78, 5) is 4.30. The van der Waals surface area contributed by atoms with Crippen molar-refractivity contribution >= 4 is 5.82 Å². The van der Waals surface area contributed by atoms with Gasteiger partial charge in [0.15, 0.2) is 11.5 Å². The fourth-order valence-electron chi connectivity index (χ4n) is 2.06. The number of methoxy groups -OCH3 is 3. The average molecular weight is 287 g/mol. The van der Waals surface area contributed by atoms with Crippen LogP contribution < -0.4 is 19.9 Å². The first-order valence-corrected chi connectivity index (χ1v) is 6.20. The van der Waals surface area contributed by atoms with Crippen molar-refractivity contribution in [1.29, 1.82) is 0 Å². The fourth-order valence-corrected chi connectivity index (χ4v) is 2.06. The number of benzene rings is 1. The number of ether oxygens (including phenoxy) is 3. The number of imidazole rings is 1. The number of nitrogens with zero attached hydrogens (tertiary/aromatic N) is 2.